The van der Waals surface area contributed by atoms with Gasteiger partial charge in [-0.05, 0) is 91.8 Å². The molecule has 3 rings (SSSR count). The Morgan fingerprint density at radius 2 is 1.68 bits per heavy atom. The third-order valence-corrected chi connectivity index (χ3v) is 6.76. The number of aromatic hydroxyl groups is 1. The van der Waals surface area contributed by atoms with Crippen LogP contribution in [0.3, 0.4) is 0 Å². The van der Waals surface area contributed by atoms with E-state index in [0.717, 1.165) is 24.3 Å². The van der Waals surface area contributed by atoms with E-state index in [0.29, 0.717) is 23.5 Å². The normalized spacial score (nSPS) is 19.4. The lowest BCUT2D eigenvalue weighted by molar-refractivity contribution is -0.185. The molecule has 31 heavy (non-hydrogen) atoms. The number of hydrogen-bond donors (Lipinski definition) is 1. The van der Waals surface area contributed by atoms with Gasteiger partial charge < -0.3 is 9.84 Å². The minimum absolute atomic E-state index is 0.0719. The smallest absolute Gasteiger partial charge is 0.426 e. The Bertz CT molecular complexity index is 837. The Morgan fingerprint density at radius 1 is 1.00 bits per heavy atom. The number of alkyl halides is 2. The van der Waals surface area contributed by atoms with E-state index in [2.05, 4.69) is 6.92 Å². The molecule has 2 nitrogen and oxygen atoms in total. The fourth-order valence-corrected chi connectivity index (χ4v) is 4.77. The van der Waals surface area contributed by atoms with Gasteiger partial charge in [-0.15, -0.1) is 0 Å². The first-order chi connectivity index (χ1) is 14.8. The van der Waals surface area contributed by atoms with Gasteiger partial charge in [-0.3, -0.25) is 0 Å². The second-order valence-corrected chi connectivity index (χ2v) is 9.06. The summed E-state index contributed by atoms with van der Waals surface area (Å²) in [5, 5.41) is 10.0. The van der Waals surface area contributed by atoms with Crippen molar-refractivity contribution in [2.24, 2.45) is 5.92 Å². The number of phenolic OH excluding ortho intramolecular Hbond substituents is 1. The average molecular weight is 431 g/mol. The van der Waals surface area contributed by atoms with Crippen molar-refractivity contribution in [1.82, 2.24) is 0 Å². The minimum atomic E-state index is -3.43. The monoisotopic (exact) mass is 430 g/mol. The summed E-state index contributed by atoms with van der Waals surface area (Å²) in [7, 11) is 0. The van der Waals surface area contributed by atoms with Crippen molar-refractivity contribution in [1.29, 1.82) is 0 Å². The SMILES string of the molecule is CCCCCC1CCC(c2ccc(C(F)(F)Oc3cc(C)c(O)c(CC)c3)cc2)CC1. The first-order valence-corrected chi connectivity index (χ1v) is 11.8. The van der Waals surface area contributed by atoms with E-state index in [1.807, 2.05) is 19.1 Å². The molecule has 0 radical (unpaired) electrons. The lowest BCUT2D eigenvalue weighted by Crippen LogP contribution is -2.22. The van der Waals surface area contributed by atoms with Crippen molar-refractivity contribution in [2.75, 3.05) is 0 Å². The van der Waals surface area contributed by atoms with E-state index >= 15 is 0 Å². The lowest BCUT2D eigenvalue weighted by atomic mass is 9.77. The molecule has 0 spiro atoms. The van der Waals surface area contributed by atoms with E-state index < -0.39 is 6.11 Å². The quantitative estimate of drug-likeness (QED) is 0.406. The van der Waals surface area contributed by atoms with Gasteiger partial charge in [0.15, 0.2) is 0 Å². The number of halogens is 2. The number of hydrogen-bond acceptors (Lipinski definition) is 2. The highest BCUT2D eigenvalue weighted by molar-refractivity contribution is 5.46. The Labute approximate surface area is 185 Å². The van der Waals surface area contributed by atoms with Crippen molar-refractivity contribution >= 4 is 0 Å². The highest BCUT2D eigenvalue weighted by Crippen LogP contribution is 2.39. The van der Waals surface area contributed by atoms with Gasteiger partial charge in [-0.2, -0.15) is 8.78 Å². The maximum Gasteiger partial charge on any atom is 0.426 e. The molecule has 0 bridgehead atoms. The fourth-order valence-electron chi connectivity index (χ4n) is 4.77. The zero-order chi connectivity index (χ0) is 22.4. The Kier molecular flexibility index (Phi) is 7.96. The molecule has 0 aromatic heterocycles. The summed E-state index contributed by atoms with van der Waals surface area (Å²) in [6, 6.07) is 9.62. The highest BCUT2D eigenvalue weighted by Gasteiger charge is 2.35. The predicted molar refractivity (Wildman–Crippen MR) is 122 cm³/mol. The molecule has 2 aromatic carbocycles. The zero-order valence-corrected chi connectivity index (χ0v) is 19.1. The molecule has 170 valence electrons. The van der Waals surface area contributed by atoms with Gasteiger partial charge in [-0.25, -0.2) is 0 Å². The number of benzene rings is 2. The van der Waals surface area contributed by atoms with Gasteiger partial charge >= 0.3 is 6.11 Å². The standard InChI is InChI=1S/C27H36F2O2/c1-4-6-7-8-20-9-11-22(12-10-20)23-13-15-24(16-14-23)27(28,29)31-25-17-19(3)26(30)21(5-2)18-25/h13-18,20,22,30H,4-12H2,1-3H3. The second-order valence-electron chi connectivity index (χ2n) is 9.06. The molecule has 1 aliphatic carbocycles. The van der Waals surface area contributed by atoms with Gasteiger partial charge in [0.1, 0.15) is 11.5 Å². The summed E-state index contributed by atoms with van der Waals surface area (Å²) >= 11 is 0. The molecule has 0 aliphatic heterocycles. The lowest BCUT2D eigenvalue weighted by Gasteiger charge is -2.29. The van der Waals surface area contributed by atoms with E-state index in [-0.39, 0.29) is 17.1 Å². The summed E-state index contributed by atoms with van der Waals surface area (Å²) in [5.41, 5.74) is 2.14. The molecule has 0 atom stereocenters. The van der Waals surface area contributed by atoms with Gasteiger partial charge in [0.2, 0.25) is 0 Å². The number of ether oxygens (including phenoxy) is 1. The molecule has 0 saturated heterocycles. The van der Waals surface area contributed by atoms with Crippen LogP contribution >= 0.6 is 0 Å². The fraction of sp³-hybridized carbons (Fsp3) is 0.556. The largest absolute Gasteiger partial charge is 0.507 e. The Hall–Kier alpha value is -2.10. The van der Waals surface area contributed by atoms with Crippen LogP contribution in [0.1, 0.15) is 93.4 Å². The van der Waals surface area contributed by atoms with Crippen LogP contribution in [-0.2, 0) is 12.5 Å². The number of phenols is 1. The van der Waals surface area contributed by atoms with Crippen molar-refractivity contribution in [2.45, 2.75) is 90.6 Å². The topological polar surface area (TPSA) is 29.5 Å². The third-order valence-electron chi connectivity index (χ3n) is 6.76. The molecular weight excluding hydrogens is 394 g/mol. The number of rotatable bonds is 9. The van der Waals surface area contributed by atoms with Gasteiger partial charge in [0.25, 0.3) is 0 Å². The maximum atomic E-state index is 14.8. The van der Waals surface area contributed by atoms with Gasteiger partial charge in [0, 0.05) is 0 Å². The molecule has 1 N–H and O–H groups in total. The molecule has 0 unspecified atom stereocenters. The zero-order valence-electron chi connectivity index (χ0n) is 19.1. The van der Waals surface area contributed by atoms with E-state index in [1.54, 1.807) is 6.92 Å². The molecular formula is C27H36F2O2. The van der Waals surface area contributed by atoms with Crippen LogP contribution < -0.4 is 4.74 Å². The Balaban J connectivity index is 1.62. The molecule has 0 amide bonds. The molecule has 1 saturated carbocycles. The van der Waals surface area contributed by atoms with Crippen molar-refractivity contribution in [3.63, 3.8) is 0 Å². The number of unbranched alkanes of at least 4 members (excludes halogenated alkanes) is 2. The van der Waals surface area contributed by atoms with Crippen LogP contribution in [0.5, 0.6) is 11.5 Å². The summed E-state index contributed by atoms with van der Waals surface area (Å²) in [5.74, 6) is 1.52. The summed E-state index contributed by atoms with van der Waals surface area (Å²) in [6.07, 6.45) is 7.16. The molecule has 1 fully saturated rings. The van der Waals surface area contributed by atoms with E-state index in [4.69, 9.17) is 4.74 Å². The third kappa shape index (κ3) is 5.99. The first-order valence-electron chi connectivity index (χ1n) is 11.8. The van der Waals surface area contributed by atoms with Gasteiger partial charge in [0.05, 0.1) is 5.56 Å². The van der Waals surface area contributed by atoms with Crippen LogP contribution in [0.2, 0.25) is 0 Å². The van der Waals surface area contributed by atoms with Gasteiger partial charge in [-0.1, -0.05) is 51.7 Å². The second kappa shape index (κ2) is 10.5. The first kappa shape index (κ1) is 23.6. The molecule has 2 aromatic rings. The van der Waals surface area contributed by atoms with Crippen molar-refractivity contribution < 1.29 is 18.6 Å². The van der Waals surface area contributed by atoms with Crippen LogP contribution in [0.4, 0.5) is 8.78 Å². The van der Waals surface area contributed by atoms with Crippen LogP contribution in [0.15, 0.2) is 36.4 Å². The summed E-state index contributed by atoms with van der Waals surface area (Å²) < 4.78 is 34.7. The molecule has 1 aliphatic rings. The van der Waals surface area contributed by atoms with Crippen molar-refractivity contribution in [3.8, 4) is 11.5 Å². The van der Waals surface area contributed by atoms with Crippen LogP contribution in [0, 0.1) is 12.8 Å². The summed E-state index contributed by atoms with van der Waals surface area (Å²) in [6.45, 7) is 5.80. The average Bonchev–Trinajstić information content (AvgIpc) is 2.76. The highest BCUT2D eigenvalue weighted by atomic mass is 19.3. The molecule has 0 heterocycles. The van der Waals surface area contributed by atoms with E-state index in [1.165, 1.54) is 62.8 Å². The maximum absolute atomic E-state index is 14.8. The van der Waals surface area contributed by atoms with Crippen molar-refractivity contribution in [3.05, 3.63) is 58.7 Å². The summed E-state index contributed by atoms with van der Waals surface area (Å²) in [4.78, 5) is 0. The minimum Gasteiger partial charge on any atom is -0.507 e. The van der Waals surface area contributed by atoms with Crippen LogP contribution in [0.25, 0.3) is 0 Å². The van der Waals surface area contributed by atoms with E-state index in [9.17, 15) is 13.9 Å². The molecule has 4 heteroatoms. The predicted octanol–water partition coefficient (Wildman–Crippen LogP) is 8.25. The Morgan fingerprint density at radius 3 is 2.29 bits per heavy atom. The van der Waals surface area contributed by atoms with Crippen LogP contribution in [-0.4, -0.2) is 5.11 Å². The number of aryl methyl sites for hydroxylation is 2.